The number of pyridine rings is 1. The largest absolute Gasteiger partial charge is 0.397 e. The Morgan fingerprint density at radius 3 is 2.79 bits per heavy atom. The van der Waals surface area contributed by atoms with Gasteiger partial charge in [-0.05, 0) is 12.5 Å². The van der Waals surface area contributed by atoms with Gasteiger partial charge < -0.3 is 15.7 Å². The first-order valence-corrected chi connectivity index (χ1v) is 4.84. The number of aliphatic hydroxyl groups excluding tert-OH is 1. The normalized spacial score (nSPS) is 10.1. The van der Waals surface area contributed by atoms with Crippen molar-refractivity contribution >= 4 is 11.4 Å². The van der Waals surface area contributed by atoms with Gasteiger partial charge in [0.2, 0.25) is 0 Å². The van der Waals surface area contributed by atoms with Gasteiger partial charge in [0.1, 0.15) is 0 Å². The number of anilines is 2. The third kappa shape index (κ3) is 2.88. The van der Waals surface area contributed by atoms with E-state index in [4.69, 9.17) is 10.8 Å². The summed E-state index contributed by atoms with van der Waals surface area (Å²) in [6.45, 7) is 3.78. The van der Waals surface area contributed by atoms with Gasteiger partial charge in [-0.1, -0.05) is 6.92 Å². The molecule has 4 nitrogen and oxygen atoms in total. The molecule has 0 unspecified atom stereocenters. The highest BCUT2D eigenvalue weighted by atomic mass is 16.3. The highest BCUT2D eigenvalue weighted by Crippen LogP contribution is 2.15. The number of hydrogen-bond acceptors (Lipinski definition) is 4. The van der Waals surface area contributed by atoms with E-state index in [1.807, 2.05) is 6.07 Å². The Hall–Kier alpha value is -1.29. The fourth-order valence-corrected chi connectivity index (χ4v) is 1.38. The van der Waals surface area contributed by atoms with Gasteiger partial charge in [-0.25, -0.2) is 0 Å². The smallest absolute Gasteiger partial charge is 0.0606 e. The Labute approximate surface area is 84.4 Å². The van der Waals surface area contributed by atoms with Crippen molar-refractivity contribution in [2.24, 2.45) is 0 Å². The van der Waals surface area contributed by atoms with Crippen LogP contribution in [0, 0.1) is 0 Å². The molecule has 0 spiro atoms. The van der Waals surface area contributed by atoms with Crippen molar-refractivity contribution in [1.29, 1.82) is 0 Å². The Morgan fingerprint density at radius 1 is 1.43 bits per heavy atom. The SMILES string of the molecule is CCCN(CCO)c1cncc(N)c1. The lowest BCUT2D eigenvalue weighted by molar-refractivity contribution is 0.302. The third-order valence-corrected chi connectivity index (χ3v) is 1.97. The lowest BCUT2D eigenvalue weighted by Gasteiger charge is -2.22. The van der Waals surface area contributed by atoms with E-state index in [-0.39, 0.29) is 6.61 Å². The van der Waals surface area contributed by atoms with E-state index in [0.717, 1.165) is 18.7 Å². The van der Waals surface area contributed by atoms with Crippen LogP contribution in [0.3, 0.4) is 0 Å². The highest BCUT2D eigenvalue weighted by Gasteiger charge is 2.04. The zero-order valence-electron chi connectivity index (χ0n) is 8.48. The molecule has 0 aliphatic rings. The van der Waals surface area contributed by atoms with Gasteiger partial charge in [-0.3, -0.25) is 4.98 Å². The zero-order valence-corrected chi connectivity index (χ0v) is 8.48. The van der Waals surface area contributed by atoms with Gasteiger partial charge in [0.15, 0.2) is 0 Å². The monoisotopic (exact) mass is 195 g/mol. The van der Waals surface area contributed by atoms with Crippen LogP contribution >= 0.6 is 0 Å². The van der Waals surface area contributed by atoms with Crippen molar-refractivity contribution in [1.82, 2.24) is 4.98 Å². The molecular formula is C10H17N3O. The average molecular weight is 195 g/mol. The van der Waals surface area contributed by atoms with E-state index in [0.29, 0.717) is 12.2 Å². The standard InChI is InChI=1S/C10H17N3O/c1-2-3-13(4-5-14)10-6-9(11)7-12-8-10/h6-8,14H,2-5,11H2,1H3. The van der Waals surface area contributed by atoms with Gasteiger partial charge >= 0.3 is 0 Å². The summed E-state index contributed by atoms with van der Waals surface area (Å²) in [6.07, 6.45) is 4.42. The molecule has 0 amide bonds. The lowest BCUT2D eigenvalue weighted by Crippen LogP contribution is -2.27. The molecule has 0 aromatic carbocycles. The second kappa shape index (κ2) is 5.44. The van der Waals surface area contributed by atoms with Crippen molar-refractivity contribution < 1.29 is 5.11 Å². The maximum atomic E-state index is 8.90. The predicted molar refractivity (Wildman–Crippen MR) is 58.2 cm³/mol. The molecule has 14 heavy (non-hydrogen) atoms. The molecule has 0 bridgehead atoms. The Kier molecular flexibility index (Phi) is 4.19. The van der Waals surface area contributed by atoms with Crippen LogP contribution < -0.4 is 10.6 Å². The van der Waals surface area contributed by atoms with Crippen LogP contribution in [-0.2, 0) is 0 Å². The number of nitrogens with zero attached hydrogens (tertiary/aromatic N) is 2. The van der Waals surface area contributed by atoms with Crippen LogP contribution in [0.15, 0.2) is 18.5 Å². The van der Waals surface area contributed by atoms with E-state index in [1.165, 1.54) is 0 Å². The molecule has 1 rings (SSSR count). The Balaban J connectivity index is 2.75. The molecule has 1 heterocycles. The summed E-state index contributed by atoms with van der Waals surface area (Å²) in [5.41, 5.74) is 7.26. The summed E-state index contributed by atoms with van der Waals surface area (Å²) in [6, 6.07) is 1.87. The molecule has 4 heteroatoms. The van der Waals surface area contributed by atoms with Crippen LogP contribution in [0.2, 0.25) is 0 Å². The van der Waals surface area contributed by atoms with Crippen molar-refractivity contribution in [3.8, 4) is 0 Å². The molecule has 1 aromatic heterocycles. The summed E-state index contributed by atoms with van der Waals surface area (Å²) >= 11 is 0. The lowest BCUT2D eigenvalue weighted by atomic mass is 10.3. The van der Waals surface area contributed by atoms with Gasteiger partial charge in [-0.15, -0.1) is 0 Å². The molecule has 0 atom stereocenters. The van der Waals surface area contributed by atoms with Gasteiger partial charge in [0.25, 0.3) is 0 Å². The fourth-order valence-electron chi connectivity index (χ4n) is 1.38. The highest BCUT2D eigenvalue weighted by molar-refractivity contribution is 5.53. The molecule has 0 aliphatic heterocycles. The molecular weight excluding hydrogens is 178 g/mol. The van der Waals surface area contributed by atoms with E-state index >= 15 is 0 Å². The van der Waals surface area contributed by atoms with E-state index in [2.05, 4.69) is 16.8 Å². The van der Waals surface area contributed by atoms with Crippen LogP contribution in [0.1, 0.15) is 13.3 Å². The molecule has 0 radical (unpaired) electrons. The second-order valence-corrected chi connectivity index (χ2v) is 3.19. The number of aromatic nitrogens is 1. The molecule has 0 fully saturated rings. The molecule has 0 saturated heterocycles. The first-order valence-electron chi connectivity index (χ1n) is 4.84. The average Bonchev–Trinajstić information content (AvgIpc) is 2.17. The number of nitrogen functional groups attached to an aromatic ring is 1. The number of nitrogens with two attached hydrogens (primary N) is 1. The topological polar surface area (TPSA) is 62.4 Å². The van der Waals surface area contributed by atoms with Gasteiger partial charge in [-0.2, -0.15) is 0 Å². The molecule has 0 saturated carbocycles. The molecule has 0 aliphatic carbocycles. The Bertz CT molecular complexity index is 272. The number of aliphatic hydroxyl groups is 1. The van der Waals surface area contributed by atoms with Crippen molar-refractivity contribution in [2.45, 2.75) is 13.3 Å². The van der Waals surface area contributed by atoms with E-state index in [9.17, 15) is 0 Å². The molecule has 1 aromatic rings. The van der Waals surface area contributed by atoms with E-state index < -0.39 is 0 Å². The summed E-state index contributed by atoms with van der Waals surface area (Å²) in [5.74, 6) is 0. The van der Waals surface area contributed by atoms with Crippen LogP contribution in [0.5, 0.6) is 0 Å². The Morgan fingerprint density at radius 2 is 2.21 bits per heavy atom. The minimum absolute atomic E-state index is 0.148. The van der Waals surface area contributed by atoms with Crippen molar-refractivity contribution in [3.05, 3.63) is 18.5 Å². The number of rotatable bonds is 5. The molecule has 78 valence electrons. The minimum Gasteiger partial charge on any atom is -0.397 e. The summed E-state index contributed by atoms with van der Waals surface area (Å²) in [4.78, 5) is 6.09. The minimum atomic E-state index is 0.148. The van der Waals surface area contributed by atoms with Crippen LogP contribution in [-0.4, -0.2) is 29.8 Å². The second-order valence-electron chi connectivity index (χ2n) is 3.19. The quantitative estimate of drug-likeness (QED) is 0.732. The third-order valence-electron chi connectivity index (χ3n) is 1.97. The van der Waals surface area contributed by atoms with Crippen molar-refractivity contribution in [2.75, 3.05) is 30.3 Å². The maximum Gasteiger partial charge on any atom is 0.0606 e. The number of hydrogen-bond donors (Lipinski definition) is 2. The van der Waals surface area contributed by atoms with Gasteiger partial charge in [0.05, 0.1) is 24.2 Å². The maximum absolute atomic E-state index is 8.90. The fraction of sp³-hybridized carbons (Fsp3) is 0.500. The summed E-state index contributed by atoms with van der Waals surface area (Å²) in [5, 5.41) is 8.90. The van der Waals surface area contributed by atoms with Gasteiger partial charge in [0, 0.05) is 19.3 Å². The van der Waals surface area contributed by atoms with Crippen LogP contribution in [0.4, 0.5) is 11.4 Å². The predicted octanol–water partition coefficient (Wildman–Crippen LogP) is 0.873. The van der Waals surface area contributed by atoms with E-state index in [1.54, 1.807) is 12.4 Å². The first kappa shape index (κ1) is 10.8. The van der Waals surface area contributed by atoms with Crippen LogP contribution in [0.25, 0.3) is 0 Å². The zero-order chi connectivity index (χ0) is 10.4. The molecule has 3 N–H and O–H groups in total. The summed E-state index contributed by atoms with van der Waals surface area (Å²) < 4.78 is 0. The summed E-state index contributed by atoms with van der Waals surface area (Å²) in [7, 11) is 0. The first-order chi connectivity index (χ1) is 6.77. The van der Waals surface area contributed by atoms with Crippen molar-refractivity contribution in [3.63, 3.8) is 0 Å².